The highest BCUT2D eigenvalue weighted by atomic mass is 16.1. The highest BCUT2D eigenvalue weighted by Gasteiger charge is 2.27. The summed E-state index contributed by atoms with van der Waals surface area (Å²) in [5, 5.41) is 0. The third kappa shape index (κ3) is 1.97. The van der Waals surface area contributed by atoms with E-state index in [2.05, 4.69) is 24.3 Å². The van der Waals surface area contributed by atoms with Crippen LogP contribution < -0.4 is 0 Å². The van der Waals surface area contributed by atoms with E-state index in [0.29, 0.717) is 0 Å². The van der Waals surface area contributed by atoms with E-state index >= 15 is 0 Å². The van der Waals surface area contributed by atoms with Gasteiger partial charge in [0.25, 0.3) is 0 Å². The molecule has 0 amide bonds. The van der Waals surface area contributed by atoms with Crippen LogP contribution in [0.4, 0.5) is 0 Å². The molecule has 1 aliphatic rings. The molecule has 1 aliphatic carbocycles. The van der Waals surface area contributed by atoms with Gasteiger partial charge in [0.1, 0.15) is 0 Å². The van der Waals surface area contributed by atoms with Gasteiger partial charge in [-0.2, -0.15) is 0 Å². The lowest BCUT2D eigenvalue weighted by Gasteiger charge is -2.08. The average molecular weight is 236 g/mol. The van der Waals surface area contributed by atoms with Crippen LogP contribution in [0.5, 0.6) is 0 Å². The molecule has 0 atom stereocenters. The van der Waals surface area contributed by atoms with Crippen LogP contribution in [-0.2, 0) is 12.8 Å². The molecule has 0 unspecified atom stereocenters. The van der Waals surface area contributed by atoms with Crippen molar-refractivity contribution in [1.82, 2.24) is 0 Å². The first-order chi connectivity index (χ1) is 8.74. The lowest BCUT2D eigenvalue weighted by molar-refractivity contribution is 0.0924. The van der Waals surface area contributed by atoms with Gasteiger partial charge in [-0.25, -0.2) is 0 Å². The first-order valence-electron chi connectivity index (χ1n) is 6.42. The van der Waals surface area contributed by atoms with Crippen LogP contribution in [0.25, 0.3) is 0 Å². The van der Waals surface area contributed by atoms with Gasteiger partial charge in [0, 0.05) is 11.5 Å². The van der Waals surface area contributed by atoms with E-state index in [1.807, 2.05) is 31.2 Å². The zero-order valence-corrected chi connectivity index (χ0v) is 10.5. The average Bonchev–Trinajstić information content (AvgIpc) is 2.81. The van der Waals surface area contributed by atoms with Crippen molar-refractivity contribution in [2.24, 2.45) is 5.92 Å². The van der Waals surface area contributed by atoms with E-state index in [-0.39, 0.29) is 11.7 Å². The highest BCUT2D eigenvalue weighted by Crippen LogP contribution is 2.29. The SMILES string of the molecule is Cc1cccc(C(=O)C2Cc3ccccc3C2)c1. The first kappa shape index (κ1) is 11.2. The Morgan fingerprint density at radius 2 is 1.67 bits per heavy atom. The fourth-order valence-corrected chi connectivity index (χ4v) is 2.78. The molecule has 1 heteroatoms. The minimum atomic E-state index is 0.129. The van der Waals surface area contributed by atoms with Crippen LogP contribution in [0.2, 0.25) is 0 Å². The molecule has 3 rings (SSSR count). The Kier molecular flexibility index (Phi) is 2.75. The molecule has 0 fully saturated rings. The maximum absolute atomic E-state index is 12.5. The van der Waals surface area contributed by atoms with Crippen molar-refractivity contribution in [1.29, 1.82) is 0 Å². The smallest absolute Gasteiger partial charge is 0.166 e. The fourth-order valence-electron chi connectivity index (χ4n) is 2.78. The third-order valence-corrected chi connectivity index (χ3v) is 3.72. The van der Waals surface area contributed by atoms with E-state index in [9.17, 15) is 4.79 Å². The van der Waals surface area contributed by atoms with Gasteiger partial charge in [-0.1, -0.05) is 48.0 Å². The van der Waals surface area contributed by atoms with Crippen LogP contribution in [0, 0.1) is 12.8 Å². The van der Waals surface area contributed by atoms with Crippen molar-refractivity contribution in [3.8, 4) is 0 Å². The summed E-state index contributed by atoms with van der Waals surface area (Å²) < 4.78 is 0. The van der Waals surface area contributed by atoms with Crippen molar-refractivity contribution in [2.75, 3.05) is 0 Å². The molecule has 0 heterocycles. The Balaban J connectivity index is 1.84. The van der Waals surface area contributed by atoms with Gasteiger partial charge < -0.3 is 0 Å². The second kappa shape index (κ2) is 4.41. The van der Waals surface area contributed by atoms with Gasteiger partial charge in [0.15, 0.2) is 5.78 Å². The molecule has 18 heavy (non-hydrogen) atoms. The standard InChI is InChI=1S/C17H16O/c1-12-5-4-8-15(9-12)17(18)16-10-13-6-2-3-7-14(13)11-16/h2-9,16H,10-11H2,1H3. The van der Waals surface area contributed by atoms with Crippen LogP contribution >= 0.6 is 0 Å². The lowest BCUT2D eigenvalue weighted by atomic mass is 9.94. The summed E-state index contributed by atoms with van der Waals surface area (Å²) >= 11 is 0. The van der Waals surface area contributed by atoms with E-state index in [1.54, 1.807) is 0 Å². The number of ketones is 1. The predicted molar refractivity (Wildman–Crippen MR) is 72.8 cm³/mol. The van der Waals surface area contributed by atoms with Gasteiger partial charge in [-0.15, -0.1) is 0 Å². The van der Waals surface area contributed by atoms with Crippen LogP contribution in [0.3, 0.4) is 0 Å². The Morgan fingerprint density at radius 1 is 1.00 bits per heavy atom. The summed E-state index contributed by atoms with van der Waals surface area (Å²) in [6.45, 7) is 2.03. The lowest BCUT2D eigenvalue weighted by Crippen LogP contribution is -2.15. The molecule has 0 aliphatic heterocycles. The summed E-state index contributed by atoms with van der Waals surface area (Å²) in [5.74, 6) is 0.416. The van der Waals surface area contributed by atoms with Crippen molar-refractivity contribution in [3.05, 3.63) is 70.8 Å². The minimum Gasteiger partial charge on any atom is -0.294 e. The molecule has 0 spiro atoms. The Morgan fingerprint density at radius 3 is 2.28 bits per heavy atom. The van der Waals surface area contributed by atoms with E-state index in [1.165, 1.54) is 11.1 Å². The molecule has 0 bridgehead atoms. The largest absolute Gasteiger partial charge is 0.294 e. The molecule has 0 saturated carbocycles. The van der Waals surface area contributed by atoms with E-state index in [0.717, 1.165) is 24.0 Å². The summed E-state index contributed by atoms with van der Waals surface area (Å²) in [5.41, 5.74) is 4.68. The number of hydrogen-bond donors (Lipinski definition) is 0. The molecule has 0 N–H and O–H groups in total. The molecule has 0 saturated heterocycles. The quantitative estimate of drug-likeness (QED) is 0.728. The van der Waals surface area contributed by atoms with Crippen molar-refractivity contribution >= 4 is 5.78 Å². The molecule has 90 valence electrons. The van der Waals surface area contributed by atoms with Crippen molar-refractivity contribution in [3.63, 3.8) is 0 Å². The number of Topliss-reactive ketones (excluding diaryl/α,β-unsaturated/α-hetero) is 1. The minimum absolute atomic E-state index is 0.129. The topological polar surface area (TPSA) is 17.1 Å². The number of carbonyl (C=O) groups is 1. The maximum atomic E-state index is 12.5. The Hall–Kier alpha value is -1.89. The zero-order chi connectivity index (χ0) is 12.5. The fraction of sp³-hybridized carbons (Fsp3) is 0.235. The summed E-state index contributed by atoms with van der Waals surface area (Å²) in [6.07, 6.45) is 1.78. The van der Waals surface area contributed by atoms with Crippen LogP contribution in [0.1, 0.15) is 27.0 Å². The highest BCUT2D eigenvalue weighted by molar-refractivity contribution is 5.98. The number of rotatable bonds is 2. The van der Waals surface area contributed by atoms with Crippen LogP contribution in [0.15, 0.2) is 48.5 Å². The summed E-state index contributed by atoms with van der Waals surface area (Å²) in [6, 6.07) is 16.3. The normalized spacial score (nSPS) is 14.5. The number of aryl methyl sites for hydroxylation is 1. The molecule has 0 aromatic heterocycles. The molecule has 0 radical (unpaired) electrons. The number of benzene rings is 2. The Bertz CT molecular complexity index is 573. The Labute approximate surface area is 107 Å². The van der Waals surface area contributed by atoms with E-state index in [4.69, 9.17) is 0 Å². The zero-order valence-electron chi connectivity index (χ0n) is 10.5. The molecule has 2 aromatic rings. The number of carbonyl (C=O) groups excluding carboxylic acids is 1. The van der Waals surface area contributed by atoms with Crippen molar-refractivity contribution < 1.29 is 4.79 Å². The first-order valence-corrected chi connectivity index (χ1v) is 6.42. The van der Waals surface area contributed by atoms with Crippen LogP contribution in [-0.4, -0.2) is 5.78 Å². The molecular formula is C17H16O. The summed E-state index contributed by atoms with van der Waals surface area (Å²) in [4.78, 5) is 12.5. The molecular weight excluding hydrogens is 220 g/mol. The number of hydrogen-bond acceptors (Lipinski definition) is 1. The van der Waals surface area contributed by atoms with Gasteiger partial charge in [-0.3, -0.25) is 4.79 Å². The second-order valence-electron chi connectivity index (χ2n) is 5.11. The monoisotopic (exact) mass is 236 g/mol. The van der Waals surface area contributed by atoms with Gasteiger partial charge in [0.05, 0.1) is 0 Å². The number of fused-ring (bicyclic) bond motifs is 1. The van der Waals surface area contributed by atoms with Gasteiger partial charge in [0.2, 0.25) is 0 Å². The molecule has 2 aromatic carbocycles. The van der Waals surface area contributed by atoms with Gasteiger partial charge in [-0.05, 0) is 37.0 Å². The predicted octanol–water partition coefficient (Wildman–Crippen LogP) is 3.59. The summed E-state index contributed by atoms with van der Waals surface area (Å²) in [7, 11) is 0. The van der Waals surface area contributed by atoms with E-state index < -0.39 is 0 Å². The second-order valence-corrected chi connectivity index (χ2v) is 5.11. The van der Waals surface area contributed by atoms with Crippen molar-refractivity contribution in [2.45, 2.75) is 19.8 Å². The molecule has 1 nitrogen and oxygen atoms in total. The van der Waals surface area contributed by atoms with Gasteiger partial charge >= 0.3 is 0 Å². The maximum Gasteiger partial charge on any atom is 0.166 e. The third-order valence-electron chi connectivity index (χ3n) is 3.72.